The molecule has 0 aliphatic carbocycles. The molecular formula is C26H26ClF5N6O2. The topological polar surface area (TPSA) is 88.2 Å². The molecule has 1 atom stereocenters. The number of ether oxygens (including phenoxy) is 2. The molecule has 214 valence electrons. The molecule has 2 aromatic rings. The third-order valence-electron chi connectivity index (χ3n) is 7.79. The summed E-state index contributed by atoms with van der Waals surface area (Å²) in [5.41, 5.74) is 3.41. The first kappa shape index (κ1) is 26.9. The summed E-state index contributed by atoms with van der Waals surface area (Å²) in [6.45, 7) is 1.60. The number of rotatable bonds is 4. The summed E-state index contributed by atoms with van der Waals surface area (Å²) in [7, 11) is 1.72. The minimum absolute atomic E-state index is 0.00845. The Balaban J connectivity index is 1.44. The fourth-order valence-corrected chi connectivity index (χ4v) is 6.48. The molecule has 40 heavy (non-hydrogen) atoms. The molecule has 0 spiro atoms. The van der Waals surface area contributed by atoms with Crippen molar-refractivity contribution in [1.82, 2.24) is 20.1 Å². The lowest BCUT2D eigenvalue weighted by Gasteiger charge is -2.31. The van der Waals surface area contributed by atoms with Crippen molar-refractivity contribution in [1.29, 1.82) is 0 Å². The summed E-state index contributed by atoms with van der Waals surface area (Å²) < 4.78 is 83.2. The van der Waals surface area contributed by atoms with Gasteiger partial charge in [-0.1, -0.05) is 11.6 Å². The van der Waals surface area contributed by atoms with Crippen molar-refractivity contribution in [3.63, 3.8) is 0 Å². The Morgan fingerprint density at radius 2 is 2.05 bits per heavy atom. The summed E-state index contributed by atoms with van der Waals surface area (Å²) in [5.74, 6) is -2.28. The molecule has 1 aromatic carbocycles. The highest BCUT2D eigenvalue weighted by atomic mass is 35.5. The SMILES string of the molecule is Cc1cc(N)nc(-c2cc3c4c(c2Cl)=NCNC=4N(C)C=C(OC[C@@]24CCCN2CC(F)(F)C4)O3)c1C(F)(F)F. The first-order valence-corrected chi connectivity index (χ1v) is 13.0. The highest BCUT2D eigenvalue weighted by Crippen LogP contribution is 2.46. The number of hydrogen-bond acceptors (Lipinski definition) is 8. The maximum absolute atomic E-state index is 14.3. The van der Waals surface area contributed by atoms with Gasteiger partial charge in [0.2, 0.25) is 0 Å². The summed E-state index contributed by atoms with van der Waals surface area (Å²) in [6.07, 6.45) is -2.18. The lowest BCUT2D eigenvalue weighted by Crippen LogP contribution is -2.43. The first-order chi connectivity index (χ1) is 18.8. The van der Waals surface area contributed by atoms with Crippen molar-refractivity contribution in [2.24, 2.45) is 4.99 Å². The number of hydrogen-bond donors (Lipinski definition) is 2. The van der Waals surface area contributed by atoms with Crippen molar-refractivity contribution in [3.05, 3.63) is 51.0 Å². The Labute approximate surface area is 230 Å². The van der Waals surface area contributed by atoms with Crippen LogP contribution in [0.4, 0.5) is 27.8 Å². The summed E-state index contributed by atoms with van der Waals surface area (Å²) in [6, 6.07) is 2.49. The number of aromatic nitrogens is 1. The molecule has 0 saturated carbocycles. The van der Waals surface area contributed by atoms with E-state index >= 15 is 0 Å². The molecule has 4 aliphatic heterocycles. The maximum Gasteiger partial charge on any atom is 0.418 e. The van der Waals surface area contributed by atoms with Gasteiger partial charge in [0.05, 0.1) is 45.1 Å². The number of benzene rings is 1. The monoisotopic (exact) mass is 584 g/mol. The van der Waals surface area contributed by atoms with Crippen LogP contribution in [0.1, 0.15) is 30.4 Å². The van der Waals surface area contributed by atoms with E-state index in [9.17, 15) is 22.0 Å². The zero-order valence-corrected chi connectivity index (χ0v) is 22.4. The van der Waals surface area contributed by atoms with Crippen LogP contribution in [-0.2, 0) is 10.9 Å². The van der Waals surface area contributed by atoms with E-state index in [0.29, 0.717) is 24.0 Å². The van der Waals surface area contributed by atoms with Crippen LogP contribution in [0.5, 0.6) is 5.75 Å². The van der Waals surface area contributed by atoms with Crippen molar-refractivity contribution in [2.75, 3.05) is 39.1 Å². The molecule has 1 aromatic heterocycles. The maximum atomic E-state index is 14.3. The Bertz CT molecular complexity index is 1560. The Morgan fingerprint density at radius 3 is 2.80 bits per heavy atom. The molecule has 4 aliphatic rings. The normalized spacial score (nSPS) is 23.4. The number of nitrogens with two attached hydrogens (primary N) is 1. The molecule has 14 heteroatoms. The zero-order chi connectivity index (χ0) is 28.6. The van der Waals surface area contributed by atoms with Crippen LogP contribution < -0.4 is 26.4 Å². The standard InChI is InChI=1S/C26H26ClF5N6O2/c1-13-6-16(33)36-21(19(13)26(30,31)32)14-7-15-18-22(20(14)27)34-12-35-23(18)37(2)8-17(40-15)39-11-24-4-3-5-38(24)10-25(28,29)9-24/h6-8,35H,3-5,9-12H2,1-2H3,(H2,33,36)/t24-/m0/s1. The summed E-state index contributed by atoms with van der Waals surface area (Å²) in [5, 5.41) is 3.71. The minimum atomic E-state index is -4.74. The van der Waals surface area contributed by atoms with Crippen molar-refractivity contribution >= 4 is 23.2 Å². The minimum Gasteiger partial charge on any atom is -0.462 e. The van der Waals surface area contributed by atoms with Gasteiger partial charge in [-0.15, -0.1) is 0 Å². The molecule has 3 N–H and O–H groups in total. The van der Waals surface area contributed by atoms with Crippen molar-refractivity contribution in [3.8, 4) is 17.0 Å². The van der Waals surface area contributed by atoms with E-state index in [1.54, 1.807) is 16.8 Å². The predicted octanol–water partition coefficient (Wildman–Crippen LogP) is 3.57. The summed E-state index contributed by atoms with van der Waals surface area (Å²) in [4.78, 5) is 11.9. The van der Waals surface area contributed by atoms with Crippen molar-refractivity contribution in [2.45, 2.75) is 43.8 Å². The van der Waals surface area contributed by atoms with E-state index in [4.69, 9.17) is 26.8 Å². The predicted molar refractivity (Wildman–Crippen MR) is 137 cm³/mol. The van der Waals surface area contributed by atoms with Crippen LogP contribution in [0, 0.1) is 6.92 Å². The van der Waals surface area contributed by atoms with E-state index in [1.165, 1.54) is 19.2 Å². The van der Waals surface area contributed by atoms with Crippen LogP contribution in [0.2, 0.25) is 5.02 Å². The average molecular weight is 585 g/mol. The molecule has 0 amide bonds. The quantitative estimate of drug-likeness (QED) is 0.531. The molecule has 0 radical (unpaired) electrons. The molecule has 5 heterocycles. The summed E-state index contributed by atoms with van der Waals surface area (Å²) >= 11 is 6.70. The second-order valence-electron chi connectivity index (χ2n) is 10.6. The smallest absolute Gasteiger partial charge is 0.418 e. The van der Waals surface area contributed by atoms with E-state index in [1.807, 2.05) is 0 Å². The lowest BCUT2D eigenvalue weighted by molar-refractivity contribution is -0.137. The van der Waals surface area contributed by atoms with Gasteiger partial charge in [-0.05, 0) is 44.0 Å². The van der Waals surface area contributed by atoms with Crippen LogP contribution in [-0.4, -0.2) is 59.7 Å². The Morgan fingerprint density at radius 1 is 1.27 bits per heavy atom. The third-order valence-corrected chi connectivity index (χ3v) is 8.18. The van der Waals surface area contributed by atoms with E-state index < -0.39 is 28.9 Å². The van der Waals surface area contributed by atoms with Crippen molar-refractivity contribution < 1.29 is 31.4 Å². The zero-order valence-electron chi connectivity index (χ0n) is 21.6. The number of nitrogens with zero attached hydrogens (tertiary/aromatic N) is 4. The number of nitrogen functional groups attached to an aromatic ring is 1. The molecular weight excluding hydrogens is 559 g/mol. The lowest BCUT2D eigenvalue weighted by atomic mass is 9.94. The number of pyridine rings is 1. The fraction of sp³-hybridized carbons (Fsp3) is 0.462. The van der Waals surface area contributed by atoms with Gasteiger partial charge in [0.1, 0.15) is 30.7 Å². The third kappa shape index (κ3) is 4.39. The van der Waals surface area contributed by atoms with Crippen LogP contribution in [0.15, 0.2) is 29.3 Å². The highest BCUT2D eigenvalue weighted by Gasteiger charge is 2.57. The molecule has 2 fully saturated rings. The van der Waals surface area contributed by atoms with Gasteiger partial charge >= 0.3 is 12.1 Å². The molecule has 6 rings (SSSR count). The van der Waals surface area contributed by atoms with Crippen LogP contribution in [0.3, 0.4) is 0 Å². The Kier molecular flexibility index (Phi) is 6.11. The number of fused-ring (bicyclic) bond motifs is 1. The van der Waals surface area contributed by atoms with Gasteiger partial charge in [-0.2, -0.15) is 13.2 Å². The van der Waals surface area contributed by atoms with E-state index in [2.05, 4.69) is 15.3 Å². The van der Waals surface area contributed by atoms with Gasteiger partial charge in [0, 0.05) is 19.0 Å². The fourth-order valence-electron chi connectivity index (χ4n) is 6.19. The highest BCUT2D eigenvalue weighted by molar-refractivity contribution is 6.33. The van der Waals surface area contributed by atoms with E-state index in [-0.39, 0.29) is 65.3 Å². The number of nitrogens with one attached hydrogen (secondary N) is 1. The van der Waals surface area contributed by atoms with Crippen LogP contribution >= 0.6 is 11.6 Å². The molecule has 2 saturated heterocycles. The van der Waals surface area contributed by atoms with E-state index in [0.717, 1.165) is 12.5 Å². The number of halogens is 6. The number of anilines is 1. The average Bonchev–Trinajstić information content (AvgIpc) is 3.29. The number of alkyl halides is 5. The largest absolute Gasteiger partial charge is 0.462 e. The van der Waals surface area contributed by atoms with Gasteiger partial charge < -0.3 is 25.4 Å². The molecule has 0 bridgehead atoms. The van der Waals surface area contributed by atoms with Gasteiger partial charge in [0.15, 0.2) is 0 Å². The number of aryl methyl sites for hydroxylation is 1. The molecule has 8 nitrogen and oxygen atoms in total. The second-order valence-corrected chi connectivity index (χ2v) is 11.0. The second kappa shape index (κ2) is 9.10. The van der Waals surface area contributed by atoms with Gasteiger partial charge in [-0.25, -0.2) is 13.8 Å². The van der Waals surface area contributed by atoms with Gasteiger partial charge in [-0.3, -0.25) is 9.89 Å². The first-order valence-electron chi connectivity index (χ1n) is 12.7. The van der Waals surface area contributed by atoms with Gasteiger partial charge in [0.25, 0.3) is 5.92 Å². The Hall–Kier alpha value is -3.32. The molecule has 0 unspecified atom stereocenters. The van der Waals surface area contributed by atoms with Crippen LogP contribution in [0.25, 0.3) is 17.1 Å².